The summed E-state index contributed by atoms with van der Waals surface area (Å²) in [7, 11) is 0. The van der Waals surface area contributed by atoms with E-state index in [-0.39, 0.29) is 5.82 Å². The summed E-state index contributed by atoms with van der Waals surface area (Å²) in [6.07, 6.45) is 10.3. The van der Waals surface area contributed by atoms with Crippen molar-refractivity contribution in [1.29, 1.82) is 0 Å². The zero-order valence-electron chi connectivity index (χ0n) is 10.5. The van der Waals surface area contributed by atoms with Gasteiger partial charge in [-0.1, -0.05) is 5.16 Å². The molecule has 5 nitrogen and oxygen atoms in total. The van der Waals surface area contributed by atoms with Crippen molar-refractivity contribution in [3.8, 4) is 0 Å². The Morgan fingerprint density at radius 3 is 3.11 bits per heavy atom. The zero-order valence-corrected chi connectivity index (χ0v) is 10.5. The van der Waals surface area contributed by atoms with Crippen LogP contribution in [0.1, 0.15) is 12.5 Å². The van der Waals surface area contributed by atoms with Crippen molar-refractivity contribution in [3.63, 3.8) is 0 Å². The van der Waals surface area contributed by atoms with Gasteiger partial charge in [-0.3, -0.25) is 9.98 Å². The minimum atomic E-state index is -0.376. The molecule has 0 atom stereocenters. The molecule has 6 heteroatoms. The van der Waals surface area contributed by atoms with E-state index in [2.05, 4.69) is 15.1 Å². The number of nitrogens with two attached hydrogens (primary N) is 1. The standard InChI is InChI=1S/C13H15FN4O/c1-2-18-19-6-4-13(15)3-5-16-8-11-7-12(14)10-17-9-11/h2-7,9-10H,8,15H2,1H3/b6-4+,13-3?,16-5?,18-2+. The lowest BCUT2D eigenvalue weighted by molar-refractivity contribution is 0.270. The molecule has 0 spiro atoms. The van der Waals surface area contributed by atoms with Gasteiger partial charge in [0.15, 0.2) is 0 Å². The molecule has 0 amide bonds. The third kappa shape index (κ3) is 6.72. The van der Waals surface area contributed by atoms with Crippen LogP contribution >= 0.6 is 0 Å². The highest BCUT2D eigenvalue weighted by molar-refractivity contribution is 5.72. The maximum absolute atomic E-state index is 12.8. The van der Waals surface area contributed by atoms with Gasteiger partial charge in [-0.05, 0) is 30.7 Å². The quantitative estimate of drug-likeness (QED) is 0.369. The first-order chi connectivity index (χ1) is 9.22. The van der Waals surface area contributed by atoms with Gasteiger partial charge in [-0.15, -0.1) is 0 Å². The van der Waals surface area contributed by atoms with Crippen LogP contribution in [0.2, 0.25) is 0 Å². The fourth-order valence-corrected chi connectivity index (χ4v) is 1.10. The Bertz CT molecular complexity index is 509. The maximum Gasteiger partial charge on any atom is 0.141 e. The van der Waals surface area contributed by atoms with E-state index in [4.69, 9.17) is 10.6 Å². The monoisotopic (exact) mass is 262 g/mol. The largest absolute Gasteiger partial charge is 0.399 e. The van der Waals surface area contributed by atoms with E-state index in [1.54, 1.807) is 25.3 Å². The predicted molar refractivity (Wildman–Crippen MR) is 73.1 cm³/mol. The molecule has 0 saturated heterocycles. The second kappa shape index (κ2) is 8.57. The lowest BCUT2D eigenvalue weighted by Crippen LogP contribution is -1.93. The number of hydrogen-bond donors (Lipinski definition) is 1. The molecule has 0 aromatic carbocycles. The first-order valence-corrected chi connectivity index (χ1v) is 5.57. The number of halogens is 1. The predicted octanol–water partition coefficient (Wildman–Crippen LogP) is 2.17. The van der Waals surface area contributed by atoms with E-state index >= 15 is 0 Å². The molecule has 1 aromatic rings. The van der Waals surface area contributed by atoms with Crippen molar-refractivity contribution in [3.05, 3.63) is 54.0 Å². The molecule has 0 unspecified atom stereocenters. The van der Waals surface area contributed by atoms with E-state index in [9.17, 15) is 4.39 Å². The Hall–Kier alpha value is -2.50. The normalized spacial score (nSPS) is 12.8. The minimum absolute atomic E-state index is 0.342. The Balaban J connectivity index is 2.42. The minimum Gasteiger partial charge on any atom is -0.399 e. The first kappa shape index (κ1) is 14.6. The van der Waals surface area contributed by atoms with Crippen molar-refractivity contribution in [1.82, 2.24) is 4.98 Å². The Morgan fingerprint density at radius 2 is 2.37 bits per heavy atom. The molecule has 2 N–H and O–H groups in total. The summed E-state index contributed by atoms with van der Waals surface area (Å²) in [6, 6.07) is 1.38. The van der Waals surface area contributed by atoms with Crippen molar-refractivity contribution >= 4 is 12.4 Å². The van der Waals surface area contributed by atoms with Crippen molar-refractivity contribution in [2.24, 2.45) is 15.9 Å². The number of aliphatic imine (C=N–C) groups is 1. The number of aromatic nitrogens is 1. The number of oxime groups is 1. The van der Waals surface area contributed by atoms with Gasteiger partial charge in [0.25, 0.3) is 0 Å². The van der Waals surface area contributed by atoms with Crippen molar-refractivity contribution < 1.29 is 9.23 Å². The lowest BCUT2D eigenvalue weighted by Gasteiger charge is -1.94. The molecule has 0 radical (unpaired) electrons. The van der Waals surface area contributed by atoms with Crippen LogP contribution in [-0.4, -0.2) is 17.4 Å². The molecule has 1 heterocycles. The van der Waals surface area contributed by atoms with Gasteiger partial charge in [0, 0.05) is 24.3 Å². The maximum atomic E-state index is 12.8. The summed E-state index contributed by atoms with van der Waals surface area (Å²) in [6.45, 7) is 2.08. The molecule has 0 fully saturated rings. The fourth-order valence-electron chi connectivity index (χ4n) is 1.10. The van der Waals surface area contributed by atoms with E-state index < -0.39 is 0 Å². The van der Waals surface area contributed by atoms with Gasteiger partial charge in [0.2, 0.25) is 0 Å². The van der Waals surface area contributed by atoms with Crippen LogP contribution in [0, 0.1) is 5.82 Å². The summed E-state index contributed by atoms with van der Waals surface area (Å²) < 4.78 is 12.8. The van der Waals surface area contributed by atoms with Crippen LogP contribution in [0.15, 0.2) is 52.7 Å². The molecule has 0 bridgehead atoms. The fraction of sp³-hybridized carbons (Fsp3) is 0.154. The molecule has 1 rings (SSSR count). The highest BCUT2D eigenvalue weighted by atomic mass is 19.1. The zero-order chi connectivity index (χ0) is 13.9. The Morgan fingerprint density at radius 1 is 1.53 bits per heavy atom. The molecule has 100 valence electrons. The SMILES string of the molecule is C/C=N/O/C=C/C(N)=CC=NCc1cncc(F)c1. The Kier molecular flexibility index (Phi) is 6.57. The van der Waals surface area contributed by atoms with Crippen LogP contribution in [0.3, 0.4) is 0 Å². The molecule has 0 saturated carbocycles. The second-order valence-electron chi connectivity index (χ2n) is 3.44. The van der Waals surface area contributed by atoms with E-state index in [1.807, 2.05) is 0 Å². The second-order valence-corrected chi connectivity index (χ2v) is 3.44. The van der Waals surface area contributed by atoms with Gasteiger partial charge < -0.3 is 10.6 Å². The van der Waals surface area contributed by atoms with Crippen molar-refractivity contribution in [2.45, 2.75) is 13.5 Å². The van der Waals surface area contributed by atoms with Gasteiger partial charge in [-0.2, -0.15) is 0 Å². The van der Waals surface area contributed by atoms with Crippen LogP contribution in [0.25, 0.3) is 0 Å². The summed E-state index contributed by atoms with van der Waals surface area (Å²) in [5, 5.41) is 3.52. The summed E-state index contributed by atoms with van der Waals surface area (Å²) in [4.78, 5) is 12.5. The number of nitrogens with zero attached hydrogens (tertiary/aromatic N) is 3. The highest BCUT2D eigenvalue weighted by Gasteiger charge is 1.93. The van der Waals surface area contributed by atoms with Gasteiger partial charge in [0.05, 0.1) is 12.7 Å². The molecule has 19 heavy (non-hydrogen) atoms. The highest BCUT2D eigenvalue weighted by Crippen LogP contribution is 2.01. The average molecular weight is 262 g/mol. The third-order valence-electron chi connectivity index (χ3n) is 1.90. The van der Waals surface area contributed by atoms with Gasteiger partial charge in [0.1, 0.15) is 12.1 Å². The van der Waals surface area contributed by atoms with Crippen LogP contribution in [0.4, 0.5) is 4.39 Å². The number of allylic oxidation sites excluding steroid dienone is 2. The van der Waals surface area contributed by atoms with Gasteiger partial charge >= 0.3 is 0 Å². The molecule has 0 aliphatic carbocycles. The molecule has 1 aromatic heterocycles. The van der Waals surface area contributed by atoms with Crippen LogP contribution < -0.4 is 5.73 Å². The number of pyridine rings is 1. The first-order valence-electron chi connectivity index (χ1n) is 5.57. The van der Waals surface area contributed by atoms with Crippen molar-refractivity contribution in [2.75, 3.05) is 0 Å². The summed E-state index contributed by atoms with van der Waals surface area (Å²) in [5.41, 5.74) is 6.80. The molecular weight excluding hydrogens is 247 g/mol. The average Bonchev–Trinajstić information content (AvgIpc) is 2.40. The smallest absolute Gasteiger partial charge is 0.141 e. The number of rotatable bonds is 6. The van der Waals surface area contributed by atoms with E-state index in [0.29, 0.717) is 17.8 Å². The van der Waals surface area contributed by atoms with E-state index in [0.717, 1.165) is 6.20 Å². The summed E-state index contributed by atoms with van der Waals surface area (Å²) >= 11 is 0. The number of hydrogen-bond acceptors (Lipinski definition) is 5. The Labute approximate surface area is 111 Å². The molecule has 0 aliphatic rings. The van der Waals surface area contributed by atoms with E-state index in [1.165, 1.54) is 24.8 Å². The van der Waals surface area contributed by atoms with Crippen LogP contribution in [0.5, 0.6) is 0 Å². The van der Waals surface area contributed by atoms with Crippen LogP contribution in [-0.2, 0) is 11.4 Å². The lowest BCUT2D eigenvalue weighted by atomic mass is 10.3. The topological polar surface area (TPSA) is 72.9 Å². The summed E-state index contributed by atoms with van der Waals surface area (Å²) in [5.74, 6) is -0.376. The third-order valence-corrected chi connectivity index (χ3v) is 1.90. The molecular formula is C13H15FN4O. The van der Waals surface area contributed by atoms with Gasteiger partial charge in [-0.25, -0.2) is 4.39 Å². The molecule has 0 aliphatic heterocycles.